The van der Waals surface area contributed by atoms with E-state index in [4.69, 9.17) is 32.7 Å². The van der Waals surface area contributed by atoms with Crippen LogP contribution in [0.15, 0.2) is 42.5 Å². The first-order valence-electron chi connectivity index (χ1n) is 7.95. The molecule has 0 spiro atoms. The topological polar surface area (TPSA) is 64.6 Å². The van der Waals surface area contributed by atoms with E-state index in [-0.39, 0.29) is 12.6 Å². The van der Waals surface area contributed by atoms with Gasteiger partial charge in [-0.05, 0) is 49.2 Å². The van der Waals surface area contributed by atoms with Crippen LogP contribution in [0.1, 0.15) is 24.1 Å². The molecule has 0 fully saturated rings. The Hall–Kier alpha value is -2.24. The van der Waals surface area contributed by atoms with E-state index >= 15 is 0 Å². The Kier molecular flexibility index (Phi) is 7.30. The highest BCUT2D eigenvalue weighted by atomic mass is 35.5. The van der Waals surface area contributed by atoms with Crippen molar-refractivity contribution in [2.75, 3.05) is 13.2 Å². The summed E-state index contributed by atoms with van der Waals surface area (Å²) in [6.45, 7) is 2.93. The molecular formula is C19H19Cl2NO4. The van der Waals surface area contributed by atoms with E-state index in [1.165, 1.54) is 0 Å². The van der Waals surface area contributed by atoms with Crippen molar-refractivity contribution >= 4 is 35.1 Å². The van der Waals surface area contributed by atoms with Gasteiger partial charge in [-0.15, -0.1) is 0 Å². The third-order valence-corrected chi connectivity index (χ3v) is 4.18. The second-order valence-corrected chi connectivity index (χ2v) is 6.51. The predicted octanol–water partition coefficient (Wildman–Crippen LogP) is 4.10. The van der Waals surface area contributed by atoms with Gasteiger partial charge in [0, 0.05) is 10.0 Å². The fraction of sp³-hybridized carbons (Fsp3) is 0.263. The molecule has 0 radical (unpaired) electrons. The molecule has 1 N–H and O–H groups in total. The molecule has 0 unspecified atom stereocenters. The fourth-order valence-corrected chi connectivity index (χ4v) is 2.81. The first kappa shape index (κ1) is 20.1. The van der Waals surface area contributed by atoms with Gasteiger partial charge >= 0.3 is 5.97 Å². The molecule has 2 rings (SSSR count). The third-order valence-electron chi connectivity index (χ3n) is 3.60. The first-order valence-corrected chi connectivity index (χ1v) is 8.70. The predicted molar refractivity (Wildman–Crippen MR) is 101 cm³/mol. The van der Waals surface area contributed by atoms with Gasteiger partial charge in [0.1, 0.15) is 5.75 Å². The lowest BCUT2D eigenvalue weighted by molar-refractivity contribution is -0.150. The van der Waals surface area contributed by atoms with Gasteiger partial charge in [0.25, 0.3) is 5.91 Å². The average Bonchev–Trinajstić information content (AvgIpc) is 2.59. The number of ether oxygens (including phenoxy) is 2. The van der Waals surface area contributed by atoms with E-state index in [0.29, 0.717) is 15.8 Å². The SMILES string of the molecule is Cc1cc(Cl)ccc1OCC(=O)OCC(=O)N[C@H](C)c1ccccc1Cl. The van der Waals surface area contributed by atoms with Gasteiger partial charge in [0.15, 0.2) is 13.2 Å². The summed E-state index contributed by atoms with van der Waals surface area (Å²) in [7, 11) is 0. The average molecular weight is 396 g/mol. The van der Waals surface area contributed by atoms with Crippen LogP contribution < -0.4 is 10.1 Å². The monoisotopic (exact) mass is 395 g/mol. The molecule has 5 nitrogen and oxygen atoms in total. The Balaban J connectivity index is 1.76. The van der Waals surface area contributed by atoms with Crippen molar-refractivity contribution in [3.05, 3.63) is 63.6 Å². The van der Waals surface area contributed by atoms with E-state index < -0.39 is 18.5 Å². The summed E-state index contributed by atoms with van der Waals surface area (Å²) in [5.74, 6) is -0.531. The van der Waals surface area contributed by atoms with Crippen LogP contribution in [-0.2, 0) is 14.3 Å². The zero-order chi connectivity index (χ0) is 19.1. The summed E-state index contributed by atoms with van der Waals surface area (Å²) in [4.78, 5) is 23.7. The minimum absolute atomic E-state index is 0.296. The second kappa shape index (κ2) is 9.46. The maximum Gasteiger partial charge on any atom is 0.344 e. The Bertz CT molecular complexity index is 795. The number of hydrogen-bond donors (Lipinski definition) is 1. The van der Waals surface area contributed by atoms with E-state index in [1.54, 1.807) is 31.2 Å². The summed E-state index contributed by atoms with van der Waals surface area (Å²) in [6.07, 6.45) is 0. The van der Waals surface area contributed by atoms with E-state index in [9.17, 15) is 9.59 Å². The van der Waals surface area contributed by atoms with E-state index in [2.05, 4.69) is 5.32 Å². The third kappa shape index (κ3) is 5.93. The molecule has 26 heavy (non-hydrogen) atoms. The Morgan fingerprint density at radius 1 is 1.12 bits per heavy atom. The van der Waals surface area contributed by atoms with Crippen molar-refractivity contribution in [2.24, 2.45) is 0 Å². The number of carbonyl (C=O) groups is 2. The quantitative estimate of drug-likeness (QED) is 0.716. The standard InChI is InChI=1S/C19H19Cl2NO4/c1-12-9-14(20)7-8-17(12)25-11-19(24)26-10-18(23)22-13(2)15-5-3-4-6-16(15)21/h3-9,13H,10-11H2,1-2H3,(H,22,23)/t13-/m1/s1. The van der Waals surface area contributed by atoms with Gasteiger partial charge in [-0.25, -0.2) is 4.79 Å². The van der Waals surface area contributed by atoms with Crippen molar-refractivity contribution in [3.63, 3.8) is 0 Å². The number of amides is 1. The highest BCUT2D eigenvalue weighted by molar-refractivity contribution is 6.31. The largest absolute Gasteiger partial charge is 0.482 e. The van der Waals surface area contributed by atoms with Gasteiger partial charge in [-0.1, -0.05) is 41.4 Å². The molecule has 138 valence electrons. The van der Waals surface area contributed by atoms with Gasteiger partial charge in [-0.2, -0.15) is 0 Å². The molecule has 7 heteroatoms. The Morgan fingerprint density at radius 3 is 2.54 bits per heavy atom. The minimum atomic E-state index is -0.639. The first-order chi connectivity index (χ1) is 12.4. The van der Waals surface area contributed by atoms with Gasteiger partial charge < -0.3 is 14.8 Å². The van der Waals surface area contributed by atoms with Crippen LogP contribution >= 0.6 is 23.2 Å². The van der Waals surface area contributed by atoms with Crippen LogP contribution in [-0.4, -0.2) is 25.1 Å². The number of aryl methyl sites for hydroxylation is 1. The molecule has 0 heterocycles. The van der Waals surface area contributed by atoms with Crippen LogP contribution in [0.2, 0.25) is 10.0 Å². The molecule has 0 aliphatic heterocycles. The molecular weight excluding hydrogens is 377 g/mol. The number of carbonyl (C=O) groups excluding carboxylic acids is 2. The Labute approximate surface area is 162 Å². The molecule has 0 bridgehead atoms. The number of halogens is 2. The Morgan fingerprint density at radius 2 is 1.85 bits per heavy atom. The fourth-order valence-electron chi connectivity index (χ4n) is 2.29. The second-order valence-electron chi connectivity index (χ2n) is 5.67. The lowest BCUT2D eigenvalue weighted by atomic mass is 10.1. The molecule has 2 aromatic carbocycles. The van der Waals surface area contributed by atoms with Crippen LogP contribution in [0.5, 0.6) is 5.75 Å². The molecule has 0 aliphatic carbocycles. The van der Waals surface area contributed by atoms with Crippen LogP contribution in [0.3, 0.4) is 0 Å². The van der Waals surface area contributed by atoms with Crippen LogP contribution in [0.25, 0.3) is 0 Å². The maximum atomic E-state index is 11.9. The molecule has 1 amide bonds. The van der Waals surface area contributed by atoms with E-state index in [0.717, 1.165) is 11.1 Å². The molecule has 1 atom stereocenters. The minimum Gasteiger partial charge on any atom is -0.482 e. The van der Waals surface area contributed by atoms with Gasteiger partial charge in [0.2, 0.25) is 0 Å². The maximum absolute atomic E-state index is 11.9. The number of nitrogens with one attached hydrogen (secondary N) is 1. The number of benzene rings is 2. The molecule has 0 saturated carbocycles. The van der Waals surface area contributed by atoms with E-state index in [1.807, 2.05) is 25.1 Å². The summed E-state index contributed by atoms with van der Waals surface area (Å²) >= 11 is 12.0. The highest BCUT2D eigenvalue weighted by Gasteiger charge is 2.14. The summed E-state index contributed by atoms with van der Waals surface area (Å²) in [5.41, 5.74) is 1.59. The van der Waals surface area contributed by atoms with Crippen molar-refractivity contribution in [2.45, 2.75) is 19.9 Å². The summed E-state index contributed by atoms with van der Waals surface area (Å²) < 4.78 is 10.3. The molecule has 0 aromatic heterocycles. The number of esters is 1. The number of rotatable bonds is 7. The van der Waals surface area contributed by atoms with Crippen molar-refractivity contribution in [1.82, 2.24) is 5.32 Å². The molecule has 0 aliphatic rings. The van der Waals surface area contributed by atoms with Crippen LogP contribution in [0, 0.1) is 6.92 Å². The molecule has 2 aromatic rings. The zero-order valence-corrected chi connectivity index (χ0v) is 15.9. The highest BCUT2D eigenvalue weighted by Crippen LogP contribution is 2.22. The smallest absolute Gasteiger partial charge is 0.344 e. The van der Waals surface area contributed by atoms with Gasteiger partial charge in [-0.3, -0.25) is 4.79 Å². The lowest BCUT2D eigenvalue weighted by Gasteiger charge is -2.15. The van der Waals surface area contributed by atoms with Crippen molar-refractivity contribution in [3.8, 4) is 5.75 Å². The zero-order valence-electron chi connectivity index (χ0n) is 14.4. The normalized spacial score (nSPS) is 11.5. The van der Waals surface area contributed by atoms with Crippen molar-refractivity contribution in [1.29, 1.82) is 0 Å². The number of hydrogen-bond acceptors (Lipinski definition) is 4. The van der Waals surface area contributed by atoms with Crippen LogP contribution in [0.4, 0.5) is 0 Å². The molecule has 0 saturated heterocycles. The summed E-state index contributed by atoms with van der Waals surface area (Å²) in [5, 5.41) is 3.87. The lowest BCUT2D eigenvalue weighted by Crippen LogP contribution is -2.32. The van der Waals surface area contributed by atoms with Gasteiger partial charge in [0.05, 0.1) is 6.04 Å². The summed E-state index contributed by atoms with van der Waals surface area (Å²) in [6, 6.07) is 12.0. The van der Waals surface area contributed by atoms with Crippen molar-refractivity contribution < 1.29 is 19.1 Å².